The summed E-state index contributed by atoms with van der Waals surface area (Å²) in [7, 11) is 0. The smallest absolute Gasteiger partial charge is 0.0900 e. The zero-order valence-corrected chi connectivity index (χ0v) is 11.5. The summed E-state index contributed by atoms with van der Waals surface area (Å²) in [4.78, 5) is 8.54. The number of piperidine rings is 1. The Morgan fingerprint density at radius 3 is 2.47 bits per heavy atom. The van der Waals surface area contributed by atoms with Gasteiger partial charge in [-0.3, -0.25) is 4.90 Å². The summed E-state index contributed by atoms with van der Waals surface area (Å²) in [5.41, 5.74) is 7.45. The van der Waals surface area contributed by atoms with Crippen LogP contribution in [0.5, 0.6) is 0 Å². The number of fused-ring (bicyclic) bond motifs is 2. The first kappa shape index (κ1) is 11.6. The Balaban J connectivity index is 1.69. The van der Waals surface area contributed by atoms with E-state index in [1.54, 1.807) is 0 Å². The average Bonchev–Trinajstić information content (AvgIpc) is 2.68. The van der Waals surface area contributed by atoms with Crippen LogP contribution in [0.4, 0.5) is 0 Å². The maximum atomic E-state index is 6.24. The van der Waals surface area contributed by atoms with Crippen molar-refractivity contribution < 1.29 is 0 Å². The predicted octanol–water partition coefficient (Wildman–Crippen LogP) is 1.93. The minimum absolute atomic E-state index is 0.468. The fourth-order valence-electron chi connectivity index (χ4n) is 3.41. The summed E-state index contributed by atoms with van der Waals surface area (Å²) in [5, 5.41) is 1.19. The van der Waals surface area contributed by atoms with Crippen LogP contribution in [-0.4, -0.2) is 29.0 Å². The quantitative estimate of drug-likeness (QED) is 0.873. The molecule has 1 unspecified atom stereocenters. The van der Waals surface area contributed by atoms with E-state index in [2.05, 4.69) is 23.7 Å². The van der Waals surface area contributed by atoms with Crippen LogP contribution in [0.25, 0.3) is 0 Å². The Morgan fingerprint density at radius 2 is 1.94 bits per heavy atom. The van der Waals surface area contributed by atoms with E-state index in [4.69, 9.17) is 5.73 Å². The first-order valence-electron chi connectivity index (χ1n) is 6.54. The molecule has 1 saturated carbocycles. The van der Waals surface area contributed by atoms with Gasteiger partial charge in [0.15, 0.2) is 0 Å². The second kappa shape index (κ2) is 4.34. The van der Waals surface area contributed by atoms with Crippen molar-refractivity contribution in [1.82, 2.24) is 9.88 Å². The van der Waals surface area contributed by atoms with Crippen LogP contribution in [0, 0.1) is 25.7 Å². The van der Waals surface area contributed by atoms with Gasteiger partial charge in [-0.2, -0.15) is 0 Å². The van der Waals surface area contributed by atoms with Crippen LogP contribution < -0.4 is 5.73 Å². The number of nitrogens with zero attached hydrogens (tertiary/aromatic N) is 2. The standard InChI is InChI=1S/C13H21N3S/c1-8-12(17-9(2)15-8)7-16-5-10-3-4-11(6-16)13(10)14/h10-11,13H,3-7,14H2,1-2H3/t10-,11+,13?. The molecule has 1 saturated heterocycles. The Bertz CT molecular complexity index is 401. The lowest BCUT2D eigenvalue weighted by Gasteiger charge is -2.35. The molecule has 3 atom stereocenters. The van der Waals surface area contributed by atoms with E-state index < -0.39 is 0 Å². The second-order valence-electron chi connectivity index (χ2n) is 5.61. The normalized spacial score (nSPS) is 33.2. The molecule has 0 amide bonds. The molecule has 0 aromatic carbocycles. The van der Waals surface area contributed by atoms with Crippen molar-refractivity contribution in [3.63, 3.8) is 0 Å². The highest BCUT2D eigenvalue weighted by Gasteiger charge is 2.39. The summed E-state index contributed by atoms with van der Waals surface area (Å²) in [6, 6.07) is 0.468. The van der Waals surface area contributed by atoms with Crippen LogP contribution in [0.1, 0.15) is 28.4 Å². The highest BCUT2D eigenvalue weighted by molar-refractivity contribution is 7.11. The van der Waals surface area contributed by atoms with Crippen molar-refractivity contribution in [2.45, 2.75) is 39.3 Å². The molecule has 2 bridgehead atoms. The van der Waals surface area contributed by atoms with Crippen LogP contribution in [0.3, 0.4) is 0 Å². The van der Waals surface area contributed by atoms with Crippen molar-refractivity contribution in [3.05, 3.63) is 15.6 Å². The fraction of sp³-hybridized carbons (Fsp3) is 0.769. The molecule has 17 heavy (non-hydrogen) atoms. The van der Waals surface area contributed by atoms with E-state index in [9.17, 15) is 0 Å². The number of rotatable bonds is 2. The van der Waals surface area contributed by atoms with Crippen LogP contribution >= 0.6 is 11.3 Å². The zero-order valence-electron chi connectivity index (χ0n) is 10.6. The van der Waals surface area contributed by atoms with Gasteiger partial charge in [-0.05, 0) is 38.5 Å². The Hall–Kier alpha value is -0.450. The lowest BCUT2D eigenvalue weighted by molar-refractivity contribution is 0.141. The minimum Gasteiger partial charge on any atom is -0.327 e. The molecule has 4 heteroatoms. The van der Waals surface area contributed by atoms with Gasteiger partial charge in [0.2, 0.25) is 0 Å². The van der Waals surface area contributed by atoms with Crippen molar-refractivity contribution in [1.29, 1.82) is 0 Å². The fourth-order valence-corrected chi connectivity index (χ4v) is 4.39. The van der Waals surface area contributed by atoms with Gasteiger partial charge >= 0.3 is 0 Å². The molecular formula is C13H21N3S. The van der Waals surface area contributed by atoms with E-state index in [-0.39, 0.29) is 0 Å². The van der Waals surface area contributed by atoms with Gasteiger partial charge in [0.1, 0.15) is 0 Å². The number of aryl methyl sites for hydroxylation is 2. The number of hydrogen-bond donors (Lipinski definition) is 1. The topological polar surface area (TPSA) is 42.2 Å². The predicted molar refractivity (Wildman–Crippen MR) is 71.1 cm³/mol. The van der Waals surface area contributed by atoms with Gasteiger partial charge in [0.05, 0.1) is 10.7 Å². The lowest BCUT2D eigenvalue weighted by Crippen LogP contribution is -2.48. The Morgan fingerprint density at radius 1 is 1.29 bits per heavy atom. The number of thiazole rings is 1. The second-order valence-corrected chi connectivity index (χ2v) is 6.90. The van der Waals surface area contributed by atoms with Crippen molar-refractivity contribution in [2.75, 3.05) is 13.1 Å². The molecule has 3 rings (SSSR count). The molecule has 1 aliphatic heterocycles. The summed E-state index contributed by atoms with van der Waals surface area (Å²) in [6.45, 7) is 7.68. The summed E-state index contributed by atoms with van der Waals surface area (Å²) >= 11 is 1.85. The average molecular weight is 251 g/mol. The van der Waals surface area contributed by atoms with E-state index in [0.717, 1.165) is 18.4 Å². The third kappa shape index (κ3) is 2.14. The monoisotopic (exact) mass is 251 g/mol. The molecule has 1 aromatic heterocycles. The summed E-state index contributed by atoms with van der Waals surface area (Å²) in [5.74, 6) is 1.48. The van der Waals surface area contributed by atoms with Crippen molar-refractivity contribution in [3.8, 4) is 0 Å². The number of nitrogens with two attached hydrogens (primary N) is 1. The SMILES string of the molecule is Cc1nc(C)c(CN2C[C@H]3CC[C@@H](C2)C3N)s1. The van der Waals surface area contributed by atoms with Gasteiger partial charge in [-0.15, -0.1) is 11.3 Å². The molecule has 0 spiro atoms. The summed E-state index contributed by atoms with van der Waals surface area (Å²) in [6.07, 6.45) is 2.67. The first-order valence-corrected chi connectivity index (χ1v) is 7.36. The lowest BCUT2D eigenvalue weighted by atomic mass is 9.93. The summed E-state index contributed by atoms with van der Waals surface area (Å²) < 4.78 is 0. The van der Waals surface area contributed by atoms with Gasteiger partial charge in [0.25, 0.3) is 0 Å². The van der Waals surface area contributed by atoms with Crippen LogP contribution in [-0.2, 0) is 6.54 Å². The number of aromatic nitrogens is 1. The molecule has 1 aromatic rings. The molecular weight excluding hydrogens is 230 g/mol. The Kier molecular flexibility index (Phi) is 2.97. The van der Waals surface area contributed by atoms with E-state index in [1.165, 1.54) is 41.5 Å². The maximum absolute atomic E-state index is 6.24. The Labute approximate surface area is 107 Å². The molecule has 1 aliphatic carbocycles. The van der Waals surface area contributed by atoms with E-state index in [1.807, 2.05) is 11.3 Å². The molecule has 2 heterocycles. The highest BCUT2D eigenvalue weighted by Crippen LogP contribution is 2.36. The molecule has 2 fully saturated rings. The molecule has 2 N–H and O–H groups in total. The molecule has 94 valence electrons. The molecule has 3 nitrogen and oxygen atoms in total. The minimum atomic E-state index is 0.468. The zero-order chi connectivity index (χ0) is 12.0. The van der Waals surface area contributed by atoms with Crippen molar-refractivity contribution in [2.24, 2.45) is 17.6 Å². The van der Waals surface area contributed by atoms with E-state index >= 15 is 0 Å². The van der Waals surface area contributed by atoms with Crippen LogP contribution in [0.15, 0.2) is 0 Å². The third-order valence-electron chi connectivity index (χ3n) is 4.35. The molecule has 2 aliphatic rings. The van der Waals surface area contributed by atoms with Gasteiger partial charge in [-0.1, -0.05) is 0 Å². The van der Waals surface area contributed by atoms with Crippen molar-refractivity contribution >= 4 is 11.3 Å². The van der Waals surface area contributed by atoms with Gasteiger partial charge in [0, 0.05) is 30.6 Å². The van der Waals surface area contributed by atoms with E-state index in [0.29, 0.717) is 6.04 Å². The molecule has 0 radical (unpaired) electrons. The third-order valence-corrected chi connectivity index (χ3v) is 5.41. The first-order chi connectivity index (χ1) is 8.13. The van der Waals surface area contributed by atoms with Crippen LogP contribution in [0.2, 0.25) is 0 Å². The van der Waals surface area contributed by atoms with Gasteiger partial charge < -0.3 is 5.73 Å². The number of hydrogen-bond acceptors (Lipinski definition) is 4. The number of likely N-dealkylation sites (tertiary alicyclic amines) is 1. The maximum Gasteiger partial charge on any atom is 0.0900 e. The van der Waals surface area contributed by atoms with Gasteiger partial charge in [-0.25, -0.2) is 4.98 Å². The highest BCUT2D eigenvalue weighted by atomic mass is 32.1. The largest absolute Gasteiger partial charge is 0.327 e.